The van der Waals surface area contributed by atoms with Gasteiger partial charge in [-0.1, -0.05) is 17.8 Å². The Labute approximate surface area is 107 Å². The van der Waals surface area contributed by atoms with E-state index in [9.17, 15) is 13.0 Å². The largest absolute Gasteiger partial charge is 0.349 e. The van der Waals surface area contributed by atoms with E-state index in [1.807, 2.05) is 17.8 Å². The van der Waals surface area contributed by atoms with Crippen LogP contribution in [0.1, 0.15) is 0 Å². The van der Waals surface area contributed by atoms with Crippen molar-refractivity contribution in [2.45, 2.75) is 0 Å². The lowest BCUT2D eigenvalue weighted by molar-refractivity contribution is 0.245. The molecule has 0 amide bonds. The van der Waals surface area contributed by atoms with Crippen LogP contribution >= 0.6 is 7.60 Å². The molecule has 6 nitrogen and oxygen atoms in total. The Bertz CT molecular complexity index is 508. The molecule has 0 unspecified atom stereocenters. The highest BCUT2D eigenvalue weighted by Crippen LogP contribution is 2.49. The van der Waals surface area contributed by atoms with Gasteiger partial charge < -0.3 is 0 Å². The van der Waals surface area contributed by atoms with Crippen LogP contribution in [-0.2, 0) is 27.9 Å². The van der Waals surface area contributed by atoms with Crippen LogP contribution in [0.3, 0.4) is 0 Å². The monoisotopic (exact) mass is 290 g/mol. The Morgan fingerprint density at radius 3 is 1.78 bits per heavy atom. The molecule has 0 radical (unpaired) electrons. The zero-order valence-electron chi connectivity index (χ0n) is 9.37. The normalized spacial score (nSPS) is 11.2. The van der Waals surface area contributed by atoms with Crippen molar-refractivity contribution in [1.29, 1.82) is 0 Å². The van der Waals surface area contributed by atoms with Gasteiger partial charge in [-0.25, -0.2) is 0 Å². The molecule has 0 spiro atoms. The molecule has 0 aromatic carbocycles. The molecule has 98 valence electrons. The summed E-state index contributed by atoms with van der Waals surface area (Å²) < 4.78 is 48.4. The van der Waals surface area contributed by atoms with Crippen LogP contribution in [0.15, 0.2) is 0 Å². The van der Waals surface area contributed by atoms with E-state index < -0.39 is 29.8 Å². The molecule has 0 fully saturated rings. The van der Waals surface area contributed by atoms with Gasteiger partial charge in [0, 0.05) is 0 Å². The molecule has 0 aromatic heterocycles. The average Bonchev–Trinajstić information content (AvgIpc) is 2.31. The van der Waals surface area contributed by atoms with E-state index in [0.29, 0.717) is 0 Å². The van der Waals surface area contributed by atoms with Gasteiger partial charge in [0.2, 0.25) is 0 Å². The maximum absolute atomic E-state index is 12.0. The van der Waals surface area contributed by atoms with E-state index in [1.165, 1.54) is 0 Å². The second kappa shape index (κ2) is 7.95. The summed E-state index contributed by atoms with van der Waals surface area (Å²) in [7, 11) is -8.14. The van der Waals surface area contributed by atoms with Crippen LogP contribution < -0.4 is 0 Å². The second-order valence-corrected chi connectivity index (χ2v) is 6.84. The molecular weight excluding hydrogens is 279 g/mol. The zero-order valence-corrected chi connectivity index (χ0v) is 11.1. The Kier molecular flexibility index (Phi) is 7.39. The first kappa shape index (κ1) is 16.7. The number of hydrogen-bond donors (Lipinski definition) is 0. The van der Waals surface area contributed by atoms with Crippen molar-refractivity contribution in [2.75, 3.05) is 25.3 Å². The highest BCUT2D eigenvalue weighted by molar-refractivity contribution is 7.93. The fourth-order valence-electron chi connectivity index (χ4n) is 0.738. The Morgan fingerprint density at radius 2 is 1.39 bits per heavy atom. The Hall–Kier alpha value is -1.26. The summed E-state index contributed by atoms with van der Waals surface area (Å²) >= 11 is 0. The van der Waals surface area contributed by atoms with Crippen molar-refractivity contribution in [3.63, 3.8) is 0 Å². The summed E-state index contributed by atoms with van der Waals surface area (Å²) in [5.74, 6) is 6.03. The predicted octanol–water partition coefficient (Wildman–Crippen LogP) is 0.416. The number of terminal acetylenes is 3. The summed E-state index contributed by atoms with van der Waals surface area (Å²) in [6.45, 7) is -1.24. The summed E-state index contributed by atoms with van der Waals surface area (Å²) in [4.78, 5) is 0. The van der Waals surface area contributed by atoms with Gasteiger partial charge >= 0.3 is 7.60 Å². The van der Waals surface area contributed by atoms with Crippen LogP contribution in [0, 0.1) is 37.0 Å². The lowest BCUT2D eigenvalue weighted by Gasteiger charge is -2.15. The molecule has 0 bridgehead atoms. The van der Waals surface area contributed by atoms with Gasteiger partial charge in [-0.05, 0) is 0 Å². The van der Waals surface area contributed by atoms with Crippen molar-refractivity contribution in [3.05, 3.63) is 0 Å². The third-order valence-corrected chi connectivity index (χ3v) is 5.38. The van der Waals surface area contributed by atoms with E-state index in [4.69, 9.17) is 19.3 Å². The highest BCUT2D eigenvalue weighted by atomic mass is 32.2. The van der Waals surface area contributed by atoms with Gasteiger partial charge in [0.05, 0.1) is 0 Å². The molecule has 0 saturated carbocycles. The fourth-order valence-corrected chi connectivity index (χ4v) is 4.05. The molecule has 8 heteroatoms. The van der Waals surface area contributed by atoms with Crippen LogP contribution in [-0.4, -0.2) is 33.7 Å². The van der Waals surface area contributed by atoms with E-state index in [1.54, 1.807) is 0 Å². The fraction of sp³-hybridized carbons (Fsp3) is 0.400. The van der Waals surface area contributed by atoms with Crippen LogP contribution in [0.25, 0.3) is 0 Å². The molecular formula is C10H11O6PS. The first-order valence-electron chi connectivity index (χ1n) is 4.45. The van der Waals surface area contributed by atoms with Gasteiger partial charge in [-0.15, -0.1) is 19.3 Å². The topological polar surface area (TPSA) is 78.9 Å². The molecule has 0 rings (SSSR count). The van der Waals surface area contributed by atoms with E-state index >= 15 is 0 Å². The van der Waals surface area contributed by atoms with Crippen LogP contribution in [0.4, 0.5) is 0 Å². The smallest absolute Gasteiger partial charge is 0.295 e. The van der Waals surface area contributed by atoms with E-state index in [-0.39, 0.29) is 13.2 Å². The van der Waals surface area contributed by atoms with Crippen LogP contribution in [0.5, 0.6) is 0 Å². The molecule has 18 heavy (non-hydrogen) atoms. The van der Waals surface area contributed by atoms with Crippen molar-refractivity contribution >= 4 is 17.7 Å². The minimum Gasteiger partial charge on any atom is -0.295 e. The third-order valence-electron chi connectivity index (χ3n) is 1.33. The second-order valence-electron chi connectivity index (χ2n) is 2.72. The molecule has 0 aromatic rings. The highest BCUT2D eigenvalue weighted by Gasteiger charge is 2.32. The van der Waals surface area contributed by atoms with Crippen molar-refractivity contribution in [3.8, 4) is 37.0 Å². The van der Waals surface area contributed by atoms with Gasteiger partial charge in [-0.2, -0.15) is 8.42 Å². The molecule has 0 saturated heterocycles. The average molecular weight is 290 g/mol. The maximum atomic E-state index is 12.0. The van der Waals surface area contributed by atoms with Gasteiger partial charge in [0.15, 0.2) is 5.49 Å². The summed E-state index contributed by atoms with van der Waals surface area (Å²) in [6, 6.07) is 0. The molecule has 0 heterocycles. The van der Waals surface area contributed by atoms with Gasteiger partial charge in [-0.3, -0.25) is 17.8 Å². The van der Waals surface area contributed by atoms with Crippen LogP contribution in [0.2, 0.25) is 0 Å². The Balaban J connectivity index is 4.80. The minimum absolute atomic E-state index is 0.382. The lowest BCUT2D eigenvalue weighted by Crippen LogP contribution is -2.14. The summed E-state index contributed by atoms with van der Waals surface area (Å²) in [6.07, 6.45) is 14.7. The number of rotatable bonds is 8. The molecule has 0 atom stereocenters. The molecule has 0 aliphatic carbocycles. The summed E-state index contributed by atoms with van der Waals surface area (Å²) in [5.41, 5.74) is -1.01. The predicted molar refractivity (Wildman–Crippen MR) is 65.7 cm³/mol. The van der Waals surface area contributed by atoms with Crippen molar-refractivity contribution in [2.24, 2.45) is 0 Å². The standard InChI is InChI=1S/C10H11O6PS/c1-4-7-14-17(11,15-8-5-2)10-18(12,13)16-9-6-3/h1-3H,7-10H2. The maximum Gasteiger partial charge on any atom is 0.349 e. The minimum atomic E-state index is -4.16. The SMILES string of the molecule is C#CCOP(=O)(CS(=O)(=O)OCC#C)OCC#C. The van der Waals surface area contributed by atoms with Crippen molar-refractivity contribution < 1.29 is 26.2 Å². The summed E-state index contributed by atoms with van der Waals surface area (Å²) in [5, 5.41) is 0. The molecule has 0 N–H and O–H groups in total. The van der Waals surface area contributed by atoms with Crippen molar-refractivity contribution in [1.82, 2.24) is 0 Å². The third kappa shape index (κ3) is 7.14. The molecule has 0 aliphatic rings. The molecule has 0 aliphatic heterocycles. The first-order valence-corrected chi connectivity index (χ1v) is 7.75. The van der Waals surface area contributed by atoms with E-state index in [0.717, 1.165) is 0 Å². The van der Waals surface area contributed by atoms with Gasteiger partial charge in [0.1, 0.15) is 19.8 Å². The quantitative estimate of drug-likeness (QED) is 0.366. The van der Waals surface area contributed by atoms with Gasteiger partial charge in [0.25, 0.3) is 10.1 Å². The number of hydrogen-bond acceptors (Lipinski definition) is 6. The lowest BCUT2D eigenvalue weighted by atomic mass is 10.8. The van der Waals surface area contributed by atoms with E-state index in [2.05, 4.69) is 13.2 Å². The zero-order chi connectivity index (χ0) is 14.1. The Morgan fingerprint density at radius 1 is 0.944 bits per heavy atom. The first-order chi connectivity index (χ1) is 8.39.